The van der Waals surface area contributed by atoms with Crippen LogP contribution in [0.5, 0.6) is 5.75 Å². The normalized spacial score (nSPS) is 10.3. The Morgan fingerprint density at radius 3 is 2.67 bits per heavy atom. The zero-order valence-electron chi connectivity index (χ0n) is 9.97. The van der Waals surface area contributed by atoms with Gasteiger partial charge in [-0.2, -0.15) is 0 Å². The summed E-state index contributed by atoms with van der Waals surface area (Å²) in [6.45, 7) is 1.16. The number of ether oxygens (including phenoxy) is 1. The molecule has 0 aliphatic carbocycles. The lowest BCUT2D eigenvalue weighted by Crippen LogP contribution is -2.05. The lowest BCUT2D eigenvalue weighted by atomic mass is 10.1. The van der Waals surface area contributed by atoms with Crippen molar-refractivity contribution in [2.24, 2.45) is 5.73 Å². The van der Waals surface area contributed by atoms with E-state index >= 15 is 0 Å². The second kappa shape index (κ2) is 6.52. The quantitative estimate of drug-likeness (QED) is 0.924. The summed E-state index contributed by atoms with van der Waals surface area (Å²) in [5.74, 6) is 0.889. The molecule has 0 spiro atoms. The zero-order chi connectivity index (χ0) is 12.8. The largest absolute Gasteiger partial charge is 0.489 e. The van der Waals surface area contributed by atoms with Gasteiger partial charge in [0.05, 0.1) is 0 Å². The van der Waals surface area contributed by atoms with E-state index in [-0.39, 0.29) is 0 Å². The van der Waals surface area contributed by atoms with Crippen LogP contribution in [0.4, 0.5) is 0 Å². The van der Waals surface area contributed by atoms with E-state index in [1.807, 2.05) is 24.3 Å². The fourth-order valence-corrected chi connectivity index (χ4v) is 2.09. The van der Waals surface area contributed by atoms with Gasteiger partial charge in [0.2, 0.25) is 0 Å². The van der Waals surface area contributed by atoms with Crippen LogP contribution in [0.2, 0.25) is 0 Å². The van der Waals surface area contributed by atoms with Gasteiger partial charge in [-0.05, 0) is 54.4 Å². The number of halogens is 1. The minimum atomic E-state index is 0.543. The Labute approximate surface area is 115 Å². The van der Waals surface area contributed by atoms with Crippen molar-refractivity contribution in [3.8, 4) is 5.75 Å². The van der Waals surface area contributed by atoms with Crippen molar-refractivity contribution in [3.05, 3.63) is 58.3 Å². The molecule has 0 aliphatic heterocycles. The third-order valence-electron chi connectivity index (χ3n) is 2.58. The Kier molecular flexibility index (Phi) is 4.73. The van der Waals surface area contributed by atoms with E-state index in [0.29, 0.717) is 13.2 Å². The molecule has 0 radical (unpaired) electrons. The number of hydrogen-bond acceptors (Lipinski definition) is 3. The molecule has 94 valence electrons. The van der Waals surface area contributed by atoms with Gasteiger partial charge in [-0.15, -0.1) is 0 Å². The predicted octanol–water partition coefficient (Wildman–Crippen LogP) is 2.92. The maximum Gasteiger partial charge on any atom is 0.123 e. The SMILES string of the molecule is NCCc1cc(Br)ccc1OCc1ccncc1. The van der Waals surface area contributed by atoms with E-state index < -0.39 is 0 Å². The average molecular weight is 307 g/mol. The minimum Gasteiger partial charge on any atom is -0.489 e. The topological polar surface area (TPSA) is 48.1 Å². The zero-order valence-corrected chi connectivity index (χ0v) is 11.6. The van der Waals surface area contributed by atoms with Crippen LogP contribution in [0.15, 0.2) is 47.2 Å². The van der Waals surface area contributed by atoms with Gasteiger partial charge in [0.25, 0.3) is 0 Å². The van der Waals surface area contributed by atoms with Crippen molar-refractivity contribution in [3.63, 3.8) is 0 Å². The molecule has 0 bridgehead atoms. The lowest BCUT2D eigenvalue weighted by Gasteiger charge is -2.11. The van der Waals surface area contributed by atoms with Crippen molar-refractivity contribution in [2.45, 2.75) is 13.0 Å². The molecule has 4 heteroatoms. The Hall–Kier alpha value is -1.39. The second-order valence-corrected chi connectivity index (χ2v) is 4.85. The van der Waals surface area contributed by atoms with Gasteiger partial charge in [-0.1, -0.05) is 15.9 Å². The molecule has 1 aromatic carbocycles. The molecular formula is C14H15BrN2O. The maximum absolute atomic E-state index is 5.83. The molecule has 2 rings (SSSR count). The van der Waals surface area contributed by atoms with Gasteiger partial charge in [0.15, 0.2) is 0 Å². The number of nitrogens with zero attached hydrogens (tertiary/aromatic N) is 1. The van der Waals surface area contributed by atoms with Crippen molar-refractivity contribution in [1.82, 2.24) is 4.98 Å². The molecule has 1 heterocycles. The fourth-order valence-electron chi connectivity index (χ4n) is 1.68. The van der Waals surface area contributed by atoms with Crippen molar-refractivity contribution >= 4 is 15.9 Å². The van der Waals surface area contributed by atoms with Crippen molar-refractivity contribution < 1.29 is 4.74 Å². The molecule has 1 aromatic heterocycles. The van der Waals surface area contributed by atoms with Gasteiger partial charge in [0.1, 0.15) is 12.4 Å². The highest BCUT2D eigenvalue weighted by Crippen LogP contribution is 2.24. The predicted molar refractivity (Wildman–Crippen MR) is 75.5 cm³/mol. The van der Waals surface area contributed by atoms with Crippen LogP contribution in [0.1, 0.15) is 11.1 Å². The summed E-state index contributed by atoms with van der Waals surface area (Å²) >= 11 is 3.46. The molecule has 0 atom stereocenters. The number of hydrogen-bond donors (Lipinski definition) is 1. The summed E-state index contributed by atoms with van der Waals surface area (Å²) in [7, 11) is 0. The van der Waals surface area contributed by atoms with Gasteiger partial charge in [-0.25, -0.2) is 0 Å². The molecule has 0 fully saturated rings. The fraction of sp³-hybridized carbons (Fsp3) is 0.214. The number of rotatable bonds is 5. The monoisotopic (exact) mass is 306 g/mol. The molecule has 0 amide bonds. The first kappa shape index (κ1) is 13.1. The second-order valence-electron chi connectivity index (χ2n) is 3.93. The lowest BCUT2D eigenvalue weighted by molar-refractivity contribution is 0.303. The van der Waals surface area contributed by atoms with Gasteiger partial charge in [-0.3, -0.25) is 4.98 Å². The summed E-state index contributed by atoms with van der Waals surface area (Å²) in [6, 6.07) is 9.88. The van der Waals surface area contributed by atoms with E-state index in [4.69, 9.17) is 10.5 Å². The van der Waals surface area contributed by atoms with Crippen molar-refractivity contribution in [1.29, 1.82) is 0 Å². The summed E-state index contributed by atoms with van der Waals surface area (Å²) in [5.41, 5.74) is 7.84. The van der Waals surface area contributed by atoms with Crippen LogP contribution in [0.3, 0.4) is 0 Å². The number of benzene rings is 1. The van der Waals surface area contributed by atoms with Gasteiger partial charge >= 0.3 is 0 Å². The first-order chi connectivity index (χ1) is 8.79. The van der Waals surface area contributed by atoms with Crippen LogP contribution in [-0.4, -0.2) is 11.5 Å². The number of nitrogens with two attached hydrogens (primary N) is 1. The van der Waals surface area contributed by atoms with E-state index in [0.717, 1.165) is 27.8 Å². The first-order valence-corrected chi connectivity index (χ1v) is 6.59. The third-order valence-corrected chi connectivity index (χ3v) is 3.07. The molecule has 0 saturated heterocycles. The van der Waals surface area contributed by atoms with Crippen LogP contribution < -0.4 is 10.5 Å². The molecule has 2 N–H and O–H groups in total. The highest BCUT2D eigenvalue weighted by Gasteiger charge is 2.04. The van der Waals surface area contributed by atoms with E-state index in [1.54, 1.807) is 12.4 Å². The standard InChI is InChI=1S/C14H15BrN2O/c15-13-1-2-14(12(9-13)3-6-16)18-10-11-4-7-17-8-5-11/h1-2,4-5,7-9H,3,6,10,16H2. The molecule has 2 aromatic rings. The van der Waals surface area contributed by atoms with Gasteiger partial charge < -0.3 is 10.5 Å². The van der Waals surface area contributed by atoms with Crippen LogP contribution in [0.25, 0.3) is 0 Å². The van der Waals surface area contributed by atoms with E-state index in [9.17, 15) is 0 Å². The van der Waals surface area contributed by atoms with Crippen LogP contribution in [0, 0.1) is 0 Å². The Morgan fingerprint density at radius 2 is 1.94 bits per heavy atom. The Morgan fingerprint density at radius 1 is 1.17 bits per heavy atom. The molecule has 3 nitrogen and oxygen atoms in total. The smallest absolute Gasteiger partial charge is 0.123 e. The Bertz CT molecular complexity index is 502. The average Bonchev–Trinajstić information content (AvgIpc) is 2.39. The summed E-state index contributed by atoms with van der Waals surface area (Å²) in [4.78, 5) is 3.98. The summed E-state index contributed by atoms with van der Waals surface area (Å²) in [6.07, 6.45) is 4.34. The maximum atomic E-state index is 5.83. The molecular weight excluding hydrogens is 292 g/mol. The minimum absolute atomic E-state index is 0.543. The molecule has 0 unspecified atom stereocenters. The molecule has 18 heavy (non-hydrogen) atoms. The summed E-state index contributed by atoms with van der Waals surface area (Å²) in [5, 5.41) is 0. The Balaban J connectivity index is 2.09. The third kappa shape index (κ3) is 3.55. The van der Waals surface area contributed by atoms with Crippen LogP contribution >= 0.6 is 15.9 Å². The molecule has 0 aliphatic rings. The molecule has 0 saturated carbocycles. The number of pyridine rings is 1. The van der Waals surface area contributed by atoms with Gasteiger partial charge in [0, 0.05) is 16.9 Å². The van der Waals surface area contributed by atoms with Crippen molar-refractivity contribution in [2.75, 3.05) is 6.54 Å². The summed E-state index contributed by atoms with van der Waals surface area (Å²) < 4.78 is 6.87. The van der Waals surface area contributed by atoms with Crippen LogP contribution in [-0.2, 0) is 13.0 Å². The first-order valence-electron chi connectivity index (χ1n) is 5.80. The van der Waals surface area contributed by atoms with E-state index in [2.05, 4.69) is 27.0 Å². The number of aromatic nitrogens is 1. The highest BCUT2D eigenvalue weighted by atomic mass is 79.9. The highest BCUT2D eigenvalue weighted by molar-refractivity contribution is 9.10. The van der Waals surface area contributed by atoms with E-state index in [1.165, 1.54) is 0 Å².